The fourth-order valence-corrected chi connectivity index (χ4v) is 1.37. The number of rotatable bonds is 5. The summed E-state index contributed by atoms with van der Waals surface area (Å²) in [5.41, 5.74) is -0.0525. The third-order valence-electron chi connectivity index (χ3n) is 2.28. The molecule has 1 rings (SSSR count). The predicted molar refractivity (Wildman–Crippen MR) is 64.6 cm³/mol. The van der Waals surface area contributed by atoms with Gasteiger partial charge in [0.15, 0.2) is 0 Å². The van der Waals surface area contributed by atoms with Crippen molar-refractivity contribution in [1.82, 2.24) is 4.90 Å². The number of amides is 1. The van der Waals surface area contributed by atoms with Gasteiger partial charge in [0.05, 0.1) is 12.2 Å². The molecule has 0 aliphatic rings. The summed E-state index contributed by atoms with van der Waals surface area (Å²) < 4.78 is 18.2. The van der Waals surface area contributed by atoms with E-state index in [1.807, 2.05) is 6.92 Å². The second-order valence-corrected chi connectivity index (χ2v) is 3.86. The molecule has 0 bridgehead atoms. The number of carbonyl (C=O) groups excluding carboxylic acids is 2. The van der Waals surface area contributed by atoms with Gasteiger partial charge in [-0.3, -0.25) is 9.59 Å². The molecule has 4 nitrogen and oxygen atoms in total. The Balaban J connectivity index is 2.62. The lowest BCUT2D eigenvalue weighted by molar-refractivity contribution is -0.144. The van der Waals surface area contributed by atoms with Crippen molar-refractivity contribution in [2.45, 2.75) is 13.3 Å². The van der Waals surface area contributed by atoms with Crippen LogP contribution < -0.4 is 0 Å². The summed E-state index contributed by atoms with van der Waals surface area (Å²) >= 11 is 0. The zero-order chi connectivity index (χ0) is 13.5. The van der Waals surface area contributed by atoms with Gasteiger partial charge in [0, 0.05) is 7.05 Å². The molecule has 0 aliphatic heterocycles. The quantitative estimate of drug-likeness (QED) is 0.752. The van der Waals surface area contributed by atoms with Gasteiger partial charge < -0.3 is 9.64 Å². The number of ether oxygens (including phenoxy) is 1. The van der Waals surface area contributed by atoms with Gasteiger partial charge in [-0.1, -0.05) is 19.1 Å². The molecule has 0 radical (unpaired) electrons. The first-order chi connectivity index (χ1) is 8.56. The van der Waals surface area contributed by atoms with Crippen LogP contribution in [0.3, 0.4) is 0 Å². The molecule has 5 heteroatoms. The molecule has 0 atom stereocenters. The Morgan fingerprint density at radius 2 is 2.00 bits per heavy atom. The van der Waals surface area contributed by atoms with E-state index in [4.69, 9.17) is 4.74 Å². The van der Waals surface area contributed by atoms with E-state index in [9.17, 15) is 14.0 Å². The highest BCUT2D eigenvalue weighted by Crippen LogP contribution is 2.09. The Hall–Kier alpha value is -1.91. The van der Waals surface area contributed by atoms with Crippen LogP contribution in [0.1, 0.15) is 23.7 Å². The van der Waals surface area contributed by atoms with Crippen molar-refractivity contribution in [2.75, 3.05) is 20.2 Å². The summed E-state index contributed by atoms with van der Waals surface area (Å²) in [6.45, 7) is 2.01. The Kier molecular flexibility index (Phi) is 5.30. The minimum Gasteiger partial charge on any atom is -0.464 e. The predicted octanol–water partition coefficient (Wildman–Crippen LogP) is 1.85. The van der Waals surface area contributed by atoms with E-state index in [0.29, 0.717) is 6.61 Å². The van der Waals surface area contributed by atoms with Crippen LogP contribution in [-0.2, 0) is 9.53 Å². The third-order valence-corrected chi connectivity index (χ3v) is 2.28. The lowest BCUT2D eigenvalue weighted by Crippen LogP contribution is -2.33. The number of hydrogen-bond donors (Lipinski definition) is 0. The molecule has 0 aliphatic carbocycles. The maximum atomic E-state index is 13.4. The number of carbonyl (C=O) groups is 2. The van der Waals surface area contributed by atoms with Crippen molar-refractivity contribution in [1.29, 1.82) is 0 Å². The largest absolute Gasteiger partial charge is 0.464 e. The molecule has 1 aromatic rings. The summed E-state index contributed by atoms with van der Waals surface area (Å²) in [6.07, 6.45) is 0.719. The van der Waals surface area contributed by atoms with Crippen LogP contribution in [0.4, 0.5) is 4.39 Å². The molecule has 0 unspecified atom stereocenters. The highest BCUT2D eigenvalue weighted by atomic mass is 19.1. The fourth-order valence-electron chi connectivity index (χ4n) is 1.37. The fraction of sp³-hybridized carbons (Fsp3) is 0.385. The van der Waals surface area contributed by atoms with Gasteiger partial charge in [-0.05, 0) is 18.6 Å². The average molecular weight is 253 g/mol. The molecule has 1 aromatic carbocycles. The molecule has 0 fully saturated rings. The third kappa shape index (κ3) is 3.84. The first kappa shape index (κ1) is 14.2. The van der Waals surface area contributed by atoms with Crippen LogP contribution in [0.15, 0.2) is 24.3 Å². The van der Waals surface area contributed by atoms with Crippen molar-refractivity contribution in [3.05, 3.63) is 35.6 Å². The van der Waals surface area contributed by atoms with Crippen molar-refractivity contribution in [3.8, 4) is 0 Å². The smallest absolute Gasteiger partial charge is 0.325 e. The summed E-state index contributed by atoms with van der Waals surface area (Å²) in [5, 5.41) is 0. The normalized spacial score (nSPS) is 9.94. The highest BCUT2D eigenvalue weighted by Gasteiger charge is 2.18. The molecule has 98 valence electrons. The SMILES string of the molecule is CCCOC(=O)CN(C)C(=O)c1ccccc1F. The second-order valence-electron chi connectivity index (χ2n) is 3.86. The Labute approximate surface area is 105 Å². The molecular formula is C13H16FNO3. The lowest BCUT2D eigenvalue weighted by atomic mass is 10.2. The summed E-state index contributed by atoms with van der Waals surface area (Å²) in [7, 11) is 1.43. The molecule has 1 amide bonds. The van der Waals surface area contributed by atoms with Gasteiger partial charge in [0.1, 0.15) is 12.4 Å². The van der Waals surface area contributed by atoms with E-state index in [-0.39, 0.29) is 12.1 Å². The van der Waals surface area contributed by atoms with E-state index in [2.05, 4.69) is 0 Å². The van der Waals surface area contributed by atoms with Crippen LogP contribution in [0, 0.1) is 5.82 Å². The zero-order valence-electron chi connectivity index (χ0n) is 10.5. The van der Waals surface area contributed by atoms with Gasteiger partial charge in [0.2, 0.25) is 0 Å². The first-order valence-corrected chi connectivity index (χ1v) is 5.72. The molecular weight excluding hydrogens is 237 g/mol. The number of nitrogens with zero attached hydrogens (tertiary/aromatic N) is 1. The molecule has 0 aromatic heterocycles. The summed E-state index contributed by atoms with van der Waals surface area (Å²) in [4.78, 5) is 24.3. The van der Waals surface area contributed by atoms with Crippen molar-refractivity contribution in [3.63, 3.8) is 0 Å². The molecule has 0 saturated heterocycles. The Bertz CT molecular complexity index is 434. The lowest BCUT2D eigenvalue weighted by Gasteiger charge is -2.16. The van der Waals surface area contributed by atoms with Gasteiger partial charge in [-0.2, -0.15) is 0 Å². The topological polar surface area (TPSA) is 46.6 Å². The second kappa shape index (κ2) is 6.74. The molecule has 0 heterocycles. The number of likely N-dealkylation sites (N-methyl/N-ethyl adjacent to an activating group) is 1. The number of halogens is 1. The van der Waals surface area contributed by atoms with Crippen molar-refractivity contribution >= 4 is 11.9 Å². The van der Waals surface area contributed by atoms with Crippen molar-refractivity contribution < 1.29 is 18.7 Å². The zero-order valence-corrected chi connectivity index (χ0v) is 10.5. The van der Waals surface area contributed by atoms with Crippen LogP contribution in [0.25, 0.3) is 0 Å². The molecule has 0 saturated carbocycles. The highest BCUT2D eigenvalue weighted by molar-refractivity contribution is 5.96. The van der Waals surface area contributed by atoms with E-state index in [0.717, 1.165) is 11.3 Å². The summed E-state index contributed by atoms with van der Waals surface area (Å²) in [5.74, 6) is -1.64. The number of benzene rings is 1. The van der Waals surface area contributed by atoms with Gasteiger partial charge in [-0.15, -0.1) is 0 Å². The van der Waals surface area contributed by atoms with E-state index in [1.165, 1.54) is 25.2 Å². The van der Waals surface area contributed by atoms with E-state index >= 15 is 0 Å². The summed E-state index contributed by atoms with van der Waals surface area (Å²) in [6, 6.07) is 5.66. The Morgan fingerprint density at radius 3 is 2.61 bits per heavy atom. The standard InChI is InChI=1S/C13H16FNO3/c1-3-8-18-12(16)9-15(2)13(17)10-6-4-5-7-11(10)14/h4-7H,3,8-9H2,1-2H3. The molecule has 18 heavy (non-hydrogen) atoms. The van der Waals surface area contributed by atoms with Crippen LogP contribution in [0.5, 0.6) is 0 Å². The van der Waals surface area contributed by atoms with Gasteiger partial charge >= 0.3 is 5.97 Å². The van der Waals surface area contributed by atoms with Crippen LogP contribution >= 0.6 is 0 Å². The van der Waals surface area contributed by atoms with Gasteiger partial charge in [0.25, 0.3) is 5.91 Å². The van der Waals surface area contributed by atoms with Crippen LogP contribution in [0.2, 0.25) is 0 Å². The average Bonchev–Trinajstić information content (AvgIpc) is 2.36. The minimum atomic E-state index is -0.601. The number of hydrogen-bond acceptors (Lipinski definition) is 3. The maximum absolute atomic E-state index is 13.4. The first-order valence-electron chi connectivity index (χ1n) is 5.72. The monoisotopic (exact) mass is 253 g/mol. The van der Waals surface area contributed by atoms with Gasteiger partial charge in [-0.25, -0.2) is 4.39 Å². The molecule has 0 spiro atoms. The minimum absolute atomic E-state index is 0.0525. The van der Waals surface area contributed by atoms with E-state index < -0.39 is 17.7 Å². The molecule has 0 N–H and O–H groups in total. The van der Waals surface area contributed by atoms with Crippen LogP contribution in [-0.4, -0.2) is 37.0 Å². The van der Waals surface area contributed by atoms with Crippen molar-refractivity contribution in [2.24, 2.45) is 0 Å². The Morgan fingerprint density at radius 1 is 1.33 bits per heavy atom. The van der Waals surface area contributed by atoms with E-state index in [1.54, 1.807) is 6.07 Å². The number of esters is 1. The maximum Gasteiger partial charge on any atom is 0.325 e.